The van der Waals surface area contributed by atoms with Crippen molar-refractivity contribution in [1.29, 1.82) is 0 Å². The van der Waals surface area contributed by atoms with Gasteiger partial charge in [-0.2, -0.15) is 0 Å². The van der Waals surface area contributed by atoms with E-state index in [1.807, 2.05) is 0 Å². The lowest BCUT2D eigenvalue weighted by Gasteiger charge is -2.35. The van der Waals surface area contributed by atoms with E-state index in [1.54, 1.807) is 0 Å². The van der Waals surface area contributed by atoms with Crippen LogP contribution in [0.3, 0.4) is 0 Å². The molecule has 1 aliphatic rings. The fourth-order valence-corrected chi connectivity index (χ4v) is 2.66. The SMILES string of the molecule is O=C(O)C1=CC(CCOCCO)C(CCOCCO)(C(=O)O)C=C1. The minimum absolute atomic E-state index is 0.0373. The summed E-state index contributed by atoms with van der Waals surface area (Å²) in [6, 6.07) is 0. The highest BCUT2D eigenvalue weighted by atomic mass is 16.5. The van der Waals surface area contributed by atoms with E-state index in [-0.39, 0.29) is 51.6 Å². The summed E-state index contributed by atoms with van der Waals surface area (Å²) in [4.78, 5) is 23.1. The van der Waals surface area contributed by atoms with Gasteiger partial charge in [0.25, 0.3) is 0 Å². The molecule has 0 aromatic heterocycles. The summed E-state index contributed by atoms with van der Waals surface area (Å²) in [5.74, 6) is -2.77. The molecule has 4 N–H and O–H groups in total. The average Bonchev–Trinajstić information content (AvgIpc) is 2.56. The van der Waals surface area contributed by atoms with Crippen molar-refractivity contribution < 1.29 is 39.5 Å². The van der Waals surface area contributed by atoms with E-state index in [2.05, 4.69) is 0 Å². The molecule has 0 fully saturated rings. The molecule has 0 amide bonds. The summed E-state index contributed by atoms with van der Waals surface area (Å²) >= 11 is 0. The molecule has 0 radical (unpaired) electrons. The van der Waals surface area contributed by atoms with Crippen molar-refractivity contribution in [2.24, 2.45) is 11.3 Å². The molecule has 0 aliphatic heterocycles. The number of allylic oxidation sites excluding steroid dienone is 1. The van der Waals surface area contributed by atoms with Gasteiger partial charge in [0.2, 0.25) is 0 Å². The number of hydrogen-bond donors (Lipinski definition) is 4. The van der Waals surface area contributed by atoms with Gasteiger partial charge in [0.15, 0.2) is 0 Å². The van der Waals surface area contributed by atoms with E-state index in [9.17, 15) is 14.7 Å². The molecule has 0 spiro atoms. The molecule has 1 aliphatic carbocycles. The molecule has 8 nitrogen and oxygen atoms in total. The van der Waals surface area contributed by atoms with Crippen LogP contribution in [0.25, 0.3) is 0 Å². The van der Waals surface area contributed by atoms with Crippen LogP contribution < -0.4 is 0 Å². The molecule has 0 heterocycles. The Hall–Kier alpha value is -1.74. The first kappa shape index (κ1) is 20.3. The highest BCUT2D eigenvalue weighted by Crippen LogP contribution is 2.41. The summed E-state index contributed by atoms with van der Waals surface area (Å²) in [6.45, 7) is 0.283. The van der Waals surface area contributed by atoms with E-state index in [0.717, 1.165) is 0 Å². The molecule has 0 bridgehead atoms. The number of ether oxygens (including phenoxy) is 2. The average molecular weight is 344 g/mol. The molecule has 24 heavy (non-hydrogen) atoms. The molecule has 0 saturated heterocycles. The lowest BCUT2D eigenvalue weighted by atomic mass is 9.68. The number of aliphatic carboxylic acids is 2. The molecule has 2 unspecified atom stereocenters. The van der Waals surface area contributed by atoms with Gasteiger partial charge in [-0.1, -0.05) is 18.2 Å². The quantitative estimate of drug-likeness (QED) is 0.365. The largest absolute Gasteiger partial charge is 0.481 e. The molecule has 0 aromatic rings. The monoisotopic (exact) mass is 344 g/mol. The second-order valence-electron chi connectivity index (χ2n) is 5.42. The normalized spacial score (nSPS) is 23.1. The van der Waals surface area contributed by atoms with Gasteiger partial charge in [0, 0.05) is 13.2 Å². The first-order chi connectivity index (χ1) is 11.5. The third-order valence-corrected chi connectivity index (χ3v) is 3.95. The van der Waals surface area contributed by atoms with Crippen molar-refractivity contribution in [3.05, 3.63) is 23.8 Å². The molecular formula is C16H24O8. The van der Waals surface area contributed by atoms with E-state index < -0.39 is 23.3 Å². The third-order valence-electron chi connectivity index (χ3n) is 3.95. The predicted molar refractivity (Wildman–Crippen MR) is 83.5 cm³/mol. The van der Waals surface area contributed by atoms with Crippen LogP contribution in [0.5, 0.6) is 0 Å². The molecule has 1 rings (SSSR count). The van der Waals surface area contributed by atoms with Crippen LogP contribution in [-0.2, 0) is 19.1 Å². The van der Waals surface area contributed by atoms with Crippen LogP contribution in [0.1, 0.15) is 12.8 Å². The Morgan fingerprint density at radius 1 is 1.04 bits per heavy atom. The topological polar surface area (TPSA) is 134 Å². The Morgan fingerprint density at radius 2 is 1.67 bits per heavy atom. The van der Waals surface area contributed by atoms with E-state index in [4.69, 9.17) is 24.8 Å². The zero-order chi connectivity index (χ0) is 18.0. The molecule has 0 saturated carbocycles. The predicted octanol–water partition coefficient (Wildman–Crippen LogP) is 0.0524. The summed E-state index contributed by atoms with van der Waals surface area (Å²) in [6.07, 6.45) is 4.58. The lowest BCUT2D eigenvalue weighted by molar-refractivity contribution is -0.150. The van der Waals surface area contributed by atoms with Gasteiger partial charge in [-0.05, 0) is 18.8 Å². The van der Waals surface area contributed by atoms with Crippen LogP contribution in [-0.4, -0.2) is 72.0 Å². The van der Waals surface area contributed by atoms with Gasteiger partial charge in [-0.25, -0.2) is 4.79 Å². The van der Waals surface area contributed by atoms with Crippen molar-refractivity contribution in [1.82, 2.24) is 0 Å². The van der Waals surface area contributed by atoms with Gasteiger partial charge in [0.1, 0.15) is 0 Å². The number of rotatable bonds is 12. The third kappa shape index (κ3) is 5.41. The smallest absolute Gasteiger partial charge is 0.335 e. The molecular weight excluding hydrogens is 320 g/mol. The summed E-state index contributed by atoms with van der Waals surface area (Å²) in [5.41, 5.74) is -1.26. The number of hydrogen-bond acceptors (Lipinski definition) is 6. The zero-order valence-electron chi connectivity index (χ0n) is 13.4. The molecule has 2 atom stereocenters. The summed E-state index contributed by atoms with van der Waals surface area (Å²) in [5, 5.41) is 36.3. The minimum Gasteiger partial charge on any atom is -0.481 e. The highest BCUT2D eigenvalue weighted by molar-refractivity contribution is 5.91. The number of carboxylic acid groups (broad SMARTS) is 2. The van der Waals surface area contributed by atoms with Crippen LogP contribution in [0, 0.1) is 11.3 Å². The van der Waals surface area contributed by atoms with Crippen molar-refractivity contribution >= 4 is 11.9 Å². The maximum Gasteiger partial charge on any atom is 0.335 e. The van der Waals surface area contributed by atoms with Crippen LogP contribution in [0.15, 0.2) is 23.8 Å². The maximum absolute atomic E-state index is 11.9. The minimum atomic E-state index is -1.29. The van der Waals surface area contributed by atoms with Crippen LogP contribution >= 0.6 is 0 Å². The van der Waals surface area contributed by atoms with Crippen LogP contribution in [0.2, 0.25) is 0 Å². The molecule has 136 valence electrons. The second kappa shape index (κ2) is 10.2. The second-order valence-corrected chi connectivity index (χ2v) is 5.42. The van der Waals surface area contributed by atoms with Gasteiger partial charge in [-0.3, -0.25) is 4.79 Å². The maximum atomic E-state index is 11.9. The number of carboxylic acids is 2. The lowest BCUT2D eigenvalue weighted by Crippen LogP contribution is -2.40. The fraction of sp³-hybridized carbons (Fsp3) is 0.625. The Balaban J connectivity index is 2.91. The van der Waals surface area contributed by atoms with Crippen molar-refractivity contribution in [2.75, 3.05) is 39.6 Å². The van der Waals surface area contributed by atoms with Crippen molar-refractivity contribution in [2.45, 2.75) is 12.8 Å². The fourth-order valence-electron chi connectivity index (χ4n) is 2.66. The Kier molecular flexibility index (Phi) is 8.62. The van der Waals surface area contributed by atoms with E-state index >= 15 is 0 Å². The van der Waals surface area contributed by atoms with E-state index in [0.29, 0.717) is 6.42 Å². The highest BCUT2D eigenvalue weighted by Gasteiger charge is 2.44. The van der Waals surface area contributed by atoms with Crippen molar-refractivity contribution in [3.8, 4) is 0 Å². The molecule has 0 aromatic carbocycles. The molecule has 8 heteroatoms. The van der Waals surface area contributed by atoms with Gasteiger partial charge < -0.3 is 29.9 Å². The zero-order valence-corrected chi connectivity index (χ0v) is 13.4. The number of aliphatic hydroxyl groups is 2. The number of carbonyl (C=O) groups is 2. The standard InChI is InChI=1S/C16H24O8/c17-5-9-23-7-2-13-11-12(14(19)20)1-3-16(13,15(21)22)4-8-24-10-6-18/h1,3,11,13,17-18H,2,4-10H2,(H,19,20)(H,21,22). The summed E-state index contributed by atoms with van der Waals surface area (Å²) < 4.78 is 10.4. The van der Waals surface area contributed by atoms with Crippen molar-refractivity contribution in [3.63, 3.8) is 0 Å². The first-order valence-corrected chi connectivity index (χ1v) is 7.73. The Bertz CT molecular complexity index is 484. The van der Waals surface area contributed by atoms with Gasteiger partial charge in [0.05, 0.1) is 37.4 Å². The van der Waals surface area contributed by atoms with Crippen LogP contribution in [0.4, 0.5) is 0 Å². The van der Waals surface area contributed by atoms with E-state index in [1.165, 1.54) is 18.2 Å². The van der Waals surface area contributed by atoms with Gasteiger partial charge >= 0.3 is 11.9 Å². The first-order valence-electron chi connectivity index (χ1n) is 7.73. The Morgan fingerprint density at radius 3 is 2.21 bits per heavy atom. The number of aliphatic hydroxyl groups excluding tert-OH is 2. The van der Waals surface area contributed by atoms with Gasteiger partial charge in [-0.15, -0.1) is 0 Å². The summed E-state index contributed by atoms with van der Waals surface area (Å²) in [7, 11) is 0. The Labute approximate surface area is 140 Å².